The van der Waals surface area contributed by atoms with Crippen molar-refractivity contribution in [2.75, 3.05) is 49.2 Å². The predicted molar refractivity (Wildman–Crippen MR) is 127 cm³/mol. The van der Waals surface area contributed by atoms with Crippen molar-refractivity contribution in [3.63, 3.8) is 0 Å². The number of hydrogen-bond donors (Lipinski definition) is 2. The van der Waals surface area contributed by atoms with Crippen molar-refractivity contribution in [3.05, 3.63) is 54.6 Å². The summed E-state index contributed by atoms with van der Waals surface area (Å²) in [7, 11) is 2.11. The number of fused-ring (bicyclic) bond motifs is 1. The van der Waals surface area contributed by atoms with Gasteiger partial charge >= 0.3 is 0 Å². The number of nitrogens with two attached hydrogens (primary N) is 1. The van der Waals surface area contributed by atoms with E-state index in [9.17, 15) is 4.79 Å². The number of pyridine rings is 3. The van der Waals surface area contributed by atoms with Crippen LogP contribution in [0.3, 0.4) is 0 Å². The first-order chi connectivity index (χ1) is 15.5. The van der Waals surface area contributed by atoms with Crippen LogP contribution in [0.25, 0.3) is 21.3 Å². The van der Waals surface area contributed by atoms with Crippen LogP contribution in [0.15, 0.2) is 49.1 Å². The van der Waals surface area contributed by atoms with Gasteiger partial charge in [-0.1, -0.05) is 11.3 Å². The zero-order valence-corrected chi connectivity index (χ0v) is 18.3. The Morgan fingerprint density at radius 3 is 2.66 bits per heavy atom. The second-order valence-corrected chi connectivity index (χ2v) is 8.76. The molecular weight excluding hydrogens is 424 g/mol. The van der Waals surface area contributed by atoms with E-state index in [1.54, 1.807) is 30.9 Å². The lowest BCUT2D eigenvalue weighted by molar-refractivity contribution is 0.102. The highest BCUT2D eigenvalue weighted by Crippen LogP contribution is 2.29. The van der Waals surface area contributed by atoms with Gasteiger partial charge in [-0.3, -0.25) is 9.78 Å². The van der Waals surface area contributed by atoms with Gasteiger partial charge < -0.3 is 20.9 Å². The summed E-state index contributed by atoms with van der Waals surface area (Å²) in [6, 6.07) is 7.35. The molecule has 32 heavy (non-hydrogen) atoms. The molecule has 5 rings (SSSR count). The average molecular weight is 447 g/mol. The number of amides is 1. The Kier molecular flexibility index (Phi) is 5.38. The van der Waals surface area contributed by atoms with E-state index >= 15 is 0 Å². The lowest BCUT2D eigenvalue weighted by Gasteiger charge is -2.33. The van der Waals surface area contributed by atoms with Gasteiger partial charge in [0.25, 0.3) is 5.91 Å². The maximum atomic E-state index is 12.9. The molecule has 0 unspecified atom stereocenters. The summed E-state index contributed by atoms with van der Waals surface area (Å²) in [6.07, 6.45) is 6.82. The lowest BCUT2D eigenvalue weighted by Crippen LogP contribution is -2.44. The second-order valence-electron chi connectivity index (χ2n) is 7.70. The largest absolute Gasteiger partial charge is 0.375 e. The van der Waals surface area contributed by atoms with Crippen LogP contribution in [0.4, 0.5) is 16.8 Å². The van der Waals surface area contributed by atoms with E-state index in [0.29, 0.717) is 16.5 Å². The zero-order valence-electron chi connectivity index (χ0n) is 17.5. The Balaban J connectivity index is 1.36. The van der Waals surface area contributed by atoms with Crippen molar-refractivity contribution >= 4 is 44.9 Å². The molecule has 1 saturated heterocycles. The number of hydrogen-bond acceptors (Lipinski definition) is 9. The number of carbonyl (C=O) groups is 1. The highest BCUT2D eigenvalue weighted by Gasteiger charge is 2.17. The van der Waals surface area contributed by atoms with E-state index in [1.165, 1.54) is 11.3 Å². The van der Waals surface area contributed by atoms with Gasteiger partial charge in [-0.2, -0.15) is 0 Å². The van der Waals surface area contributed by atoms with Crippen LogP contribution >= 0.6 is 11.3 Å². The summed E-state index contributed by atoms with van der Waals surface area (Å²) in [5, 5.41) is 4.27. The molecule has 0 spiro atoms. The van der Waals surface area contributed by atoms with Crippen molar-refractivity contribution in [1.29, 1.82) is 0 Å². The minimum atomic E-state index is -0.228. The summed E-state index contributed by atoms with van der Waals surface area (Å²) in [5.74, 6) is 1.05. The lowest BCUT2D eigenvalue weighted by atomic mass is 10.2. The number of carbonyl (C=O) groups excluding carboxylic acids is 1. The molecule has 0 bridgehead atoms. The highest BCUT2D eigenvalue weighted by atomic mass is 32.1. The fraction of sp³-hybridized carbons (Fsp3) is 0.227. The second kappa shape index (κ2) is 8.48. The van der Waals surface area contributed by atoms with Gasteiger partial charge in [0, 0.05) is 61.3 Å². The first-order valence-corrected chi connectivity index (χ1v) is 11.1. The fourth-order valence-electron chi connectivity index (χ4n) is 3.61. The number of likely N-dealkylation sites (N-methyl/N-ethyl adjacent to an activating group) is 1. The number of thiazole rings is 1. The van der Waals surface area contributed by atoms with Crippen molar-refractivity contribution in [2.24, 2.45) is 0 Å². The third-order valence-electron chi connectivity index (χ3n) is 5.45. The average Bonchev–Trinajstić information content (AvgIpc) is 3.25. The summed E-state index contributed by atoms with van der Waals surface area (Å²) in [5.41, 5.74) is 7.95. The minimum Gasteiger partial charge on any atom is -0.375 e. The van der Waals surface area contributed by atoms with E-state index < -0.39 is 0 Å². The van der Waals surface area contributed by atoms with Crippen molar-refractivity contribution < 1.29 is 4.79 Å². The normalized spacial score (nSPS) is 14.6. The molecule has 0 aliphatic carbocycles. The molecule has 0 radical (unpaired) electrons. The number of piperazine rings is 1. The molecule has 1 amide bonds. The van der Waals surface area contributed by atoms with Crippen LogP contribution in [0.2, 0.25) is 0 Å². The SMILES string of the molecule is CN1CCN(c2cc(C(=O)Nc3cc4cc(-c5cnc(N)s5)cnc4cn3)ccn2)CC1. The van der Waals surface area contributed by atoms with Crippen molar-refractivity contribution in [3.8, 4) is 10.4 Å². The summed E-state index contributed by atoms with van der Waals surface area (Å²) < 4.78 is 0. The number of anilines is 3. The molecule has 1 aliphatic heterocycles. The molecule has 4 aromatic heterocycles. The number of nitrogens with zero attached hydrogens (tertiary/aromatic N) is 6. The Hall–Kier alpha value is -3.63. The molecule has 1 fully saturated rings. The van der Waals surface area contributed by atoms with Crippen LogP contribution in [0.1, 0.15) is 10.4 Å². The summed E-state index contributed by atoms with van der Waals surface area (Å²) in [6.45, 7) is 3.73. The highest BCUT2D eigenvalue weighted by molar-refractivity contribution is 7.18. The van der Waals surface area contributed by atoms with Crippen molar-refractivity contribution in [2.45, 2.75) is 0 Å². The van der Waals surface area contributed by atoms with Crippen LogP contribution in [0.5, 0.6) is 0 Å². The van der Waals surface area contributed by atoms with Gasteiger partial charge in [-0.05, 0) is 31.3 Å². The molecule has 0 atom stereocenters. The topological polar surface area (TPSA) is 113 Å². The van der Waals surface area contributed by atoms with Gasteiger partial charge in [0.1, 0.15) is 11.6 Å². The molecule has 1 aliphatic rings. The van der Waals surface area contributed by atoms with Gasteiger partial charge in [-0.15, -0.1) is 0 Å². The van der Waals surface area contributed by atoms with Crippen LogP contribution in [-0.2, 0) is 0 Å². The molecule has 9 nitrogen and oxygen atoms in total. The first kappa shape index (κ1) is 20.3. The standard InChI is InChI=1S/C22H22N8OS/c1-29-4-6-30(7-5-29)20-10-14(2-3-24-20)21(31)28-19-9-15-8-16(11-25-17(15)12-26-19)18-13-27-22(23)32-18/h2-3,8-13H,4-7H2,1H3,(H2,23,27)(H,26,28,31). The Bertz CT molecular complexity index is 1280. The van der Waals surface area contributed by atoms with E-state index in [-0.39, 0.29) is 5.91 Å². The minimum absolute atomic E-state index is 0.228. The number of nitrogen functional groups attached to an aromatic ring is 1. The van der Waals surface area contributed by atoms with Crippen LogP contribution in [0, 0.1) is 0 Å². The first-order valence-electron chi connectivity index (χ1n) is 10.2. The summed E-state index contributed by atoms with van der Waals surface area (Å²) >= 11 is 1.40. The zero-order chi connectivity index (χ0) is 22.1. The third kappa shape index (κ3) is 4.23. The quantitative estimate of drug-likeness (QED) is 0.492. The van der Waals surface area contributed by atoms with Crippen LogP contribution < -0.4 is 16.0 Å². The monoisotopic (exact) mass is 446 g/mol. The summed E-state index contributed by atoms with van der Waals surface area (Å²) in [4.78, 5) is 35.7. The van der Waals surface area contributed by atoms with Gasteiger partial charge in [-0.25, -0.2) is 15.0 Å². The third-order valence-corrected chi connectivity index (χ3v) is 6.33. The number of aromatic nitrogens is 4. The Morgan fingerprint density at radius 2 is 1.88 bits per heavy atom. The molecular formula is C22H22N8OS. The fourth-order valence-corrected chi connectivity index (χ4v) is 4.28. The van der Waals surface area contributed by atoms with Gasteiger partial charge in [0.15, 0.2) is 5.13 Å². The Labute approximate surface area is 189 Å². The molecule has 0 aromatic carbocycles. The molecule has 4 aromatic rings. The van der Waals surface area contributed by atoms with Gasteiger partial charge in [0.05, 0.1) is 16.6 Å². The smallest absolute Gasteiger partial charge is 0.257 e. The van der Waals surface area contributed by atoms with E-state index in [0.717, 1.165) is 53.3 Å². The number of rotatable bonds is 4. The Morgan fingerprint density at radius 1 is 1.03 bits per heavy atom. The van der Waals surface area contributed by atoms with Crippen molar-refractivity contribution in [1.82, 2.24) is 24.8 Å². The maximum Gasteiger partial charge on any atom is 0.257 e. The van der Waals surface area contributed by atoms with Gasteiger partial charge in [0.2, 0.25) is 0 Å². The molecule has 3 N–H and O–H groups in total. The van der Waals surface area contributed by atoms with E-state index in [2.05, 4.69) is 42.1 Å². The molecule has 5 heterocycles. The maximum absolute atomic E-state index is 12.9. The molecule has 162 valence electrons. The predicted octanol–water partition coefficient (Wildman–Crippen LogP) is 2.73. The molecule has 10 heteroatoms. The molecule has 0 saturated carbocycles. The van der Waals surface area contributed by atoms with E-state index in [4.69, 9.17) is 5.73 Å². The number of nitrogens with one attached hydrogen (secondary N) is 1. The van der Waals surface area contributed by atoms with Crippen LogP contribution in [-0.4, -0.2) is 64.0 Å². The van der Waals surface area contributed by atoms with E-state index in [1.807, 2.05) is 18.2 Å².